The summed E-state index contributed by atoms with van der Waals surface area (Å²) >= 11 is 0. The van der Waals surface area contributed by atoms with Crippen molar-refractivity contribution in [2.45, 2.75) is 0 Å². The van der Waals surface area contributed by atoms with Gasteiger partial charge in [-0.05, 0) is 24.3 Å². The van der Waals surface area contributed by atoms with Gasteiger partial charge in [0, 0.05) is 11.4 Å². The van der Waals surface area contributed by atoms with E-state index in [9.17, 15) is 19.8 Å². The Bertz CT molecular complexity index is 526. The number of carboxylic acid groups (broad SMARTS) is 2. The number of carboxylic acids is 2. The van der Waals surface area contributed by atoms with Gasteiger partial charge in [-0.25, -0.2) is 0 Å². The molecule has 116 valence electrons. The molecule has 0 aromatic heterocycles. The molecule has 6 nitrogen and oxygen atoms in total. The predicted molar refractivity (Wildman–Crippen MR) is 79.9 cm³/mol. The molecule has 2 aromatic rings. The van der Waals surface area contributed by atoms with E-state index in [1.807, 2.05) is 36.4 Å². The van der Waals surface area contributed by atoms with Gasteiger partial charge in [-0.3, -0.25) is 0 Å². The van der Waals surface area contributed by atoms with Crippen molar-refractivity contribution in [3.63, 3.8) is 0 Å². The van der Waals surface area contributed by atoms with E-state index in [1.54, 1.807) is 24.3 Å². The molecule has 0 aliphatic rings. The van der Waals surface area contributed by atoms with E-state index in [4.69, 9.17) is 0 Å². The molecule has 7 heteroatoms. The van der Waals surface area contributed by atoms with Gasteiger partial charge in [0.15, 0.2) is 0 Å². The first kappa shape index (κ1) is 20.9. The van der Waals surface area contributed by atoms with E-state index in [0.717, 1.165) is 11.4 Å². The number of benzene rings is 2. The zero-order valence-electron chi connectivity index (χ0n) is 12.5. The van der Waals surface area contributed by atoms with E-state index in [2.05, 4.69) is 10.6 Å². The van der Waals surface area contributed by atoms with E-state index in [0.29, 0.717) is 0 Å². The van der Waals surface area contributed by atoms with Gasteiger partial charge in [-0.2, -0.15) is 0 Å². The van der Waals surface area contributed by atoms with Gasteiger partial charge in [-0.15, -0.1) is 0 Å². The maximum absolute atomic E-state index is 10.00. The minimum absolute atomic E-state index is 0. The Morgan fingerprint density at radius 2 is 1.00 bits per heavy atom. The van der Waals surface area contributed by atoms with Crippen LogP contribution in [0.4, 0.5) is 11.4 Å². The van der Waals surface area contributed by atoms with Gasteiger partial charge >= 0.3 is 27.7 Å². The number of carbonyl (C=O) groups excluding carboxylic acids is 2. The van der Waals surface area contributed by atoms with Crippen LogP contribution in [0, 0.1) is 0 Å². The molecular formula is C16H16HgN2O4. The van der Waals surface area contributed by atoms with E-state index in [1.165, 1.54) is 0 Å². The third-order valence-corrected chi connectivity index (χ3v) is 2.42. The Hall–Kier alpha value is -2.08. The zero-order valence-corrected chi connectivity index (χ0v) is 18.0. The van der Waals surface area contributed by atoms with E-state index in [-0.39, 0.29) is 40.8 Å². The number of nitrogens with one attached hydrogen (secondary N) is 2. The smallest absolute Gasteiger partial charge is 0.548 e. The third-order valence-electron chi connectivity index (χ3n) is 2.42. The molecule has 0 amide bonds. The van der Waals surface area contributed by atoms with Crippen LogP contribution in [0.3, 0.4) is 0 Å². The van der Waals surface area contributed by atoms with Gasteiger partial charge < -0.3 is 30.4 Å². The second-order valence-corrected chi connectivity index (χ2v) is 4.18. The van der Waals surface area contributed by atoms with Gasteiger partial charge in [0.05, 0.1) is 25.0 Å². The molecule has 2 aromatic carbocycles. The first-order valence-corrected chi connectivity index (χ1v) is 6.55. The molecule has 0 heterocycles. The molecular weight excluding hydrogens is 485 g/mol. The van der Waals surface area contributed by atoms with Crippen molar-refractivity contribution in [3.8, 4) is 0 Å². The van der Waals surface area contributed by atoms with E-state index < -0.39 is 11.9 Å². The molecule has 0 bridgehead atoms. The van der Waals surface area contributed by atoms with Crippen molar-refractivity contribution in [1.82, 2.24) is 0 Å². The maximum atomic E-state index is 10.00. The van der Waals surface area contributed by atoms with Crippen molar-refractivity contribution < 1.29 is 47.5 Å². The Labute approximate surface area is 155 Å². The first-order valence-electron chi connectivity index (χ1n) is 6.55. The quantitative estimate of drug-likeness (QED) is 0.528. The Morgan fingerprint density at radius 3 is 1.26 bits per heavy atom. The minimum Gasteiger partial charge on any atom is -0.548 e. The van der Waals surface area contributed by atoms with Gasteiger partial charge in [-0.1, -0.05) is 36.4 Å². The van der Waals surface area contributed by atoms with Crippen LogP contribution in [0.25, 0.3) is 0 Å². The van der Waals surface area contributed by atoms with Gasteiger partial charge in [0.1, 0.15) is 0 Å². The normalized spacial score (nSPS) is 8.70. The number of rotatable bonds is 6. The summed E-state index contributed by atoms with van der Waals surface area (Å²) in [6.07, 6.45) is 0. The Kier molecular flexibility index (Phi) is 11.3. The van der Waals surface area contributed by atoms with Gasteiger partial charge in [0.2, 0.25) is 0 Å². The molecule has 0 aliphatic heterocycles. The van der Waals surface area contributed by atoms with E-state index >= 15 is 0 Å². The SMILES string of the molecule is O=C([O-])CNc1ccccc1.O=C([O-])CNc1ccccc1.[Hg+2]. The molecule has 0 unspecified atom stereocenters. The summed E-state index contributed by atoms with van der Waals surface area (Å²) in [6, 6.07) is 18.2. The van der Waals surface area contributed by atoms with Crippen LogP contribution in [0.15, 0.2) is 60.7 Å². The fourth-order valence-corrected chi connectivity index (χ4v) is 1.46. The molecule has 0 atom stereocenters. The minimum atomic E-state index is -1.10. The largest absolute Gasteiger partial charge is 2.00 e. The number of para-hydroxylation sites is 2. The monoisotopic (exact) mass is 502 g/mol. The molecule has 2 rings (SSSR count). The average Bonchev–Trinajstić information content (AvgIpc) is 2.53. The molecule has 0 radical (unpaired) electrons. The van der Waals surface area contributed by atoms with Crippen LogP contribution in [-0.2, 0) is 37.3 Å². The van der Waals surface area contributed by atoms with Crippen molar-refractivity contribution >= 4 is 23.3 Å². The van der Waals surface area contributed by atoms with Crippen molar-refractivity contribution in [3.05, 3.63) is 60.7 Å². The number of anilines is 2. The van der Waals surface area contributed by atoms with Crippen LogP contribution in [0.5, 0.6) is 0 Å². The summed E-state index contributed by atoms with van der Waals surface area (Å²) in [4.78, 5) is 20.0. The number of hydrogen-bond acceptors (Lipinski definition) is 6. The van der Waals surface area contributed by atoms with Crippen molar-refractivity contribution in [2.75, 3.05) is 23.7 Å². The maximum Gasteiger partial charge on any atom is 2.00 e. The number of aliphatic carboxylic acids is 2. The third kappa shape index (κ3) is 11.2. The van der Waals surface area contributed by atoms with Crippen LogP contribution in [0.2, 0.25) is 0 Å². The Morgan fingerprint density at radius 1 is 0.696 bits per heavy atom. The first-order chi connectivity index (χ1) is 10.6. The van der Waals surface area contributed by atoms with Crippen LogP contribution < -0.4 is 20.8 Å². The fraction of sp³-hybridized carbons (Fsp3) is 0.125. The molecule has 0 spiro atoms. The van der Waals surface area contributed by atoms with Crippen molar-refractivity contribution in [1.29, 1.82) is 0 Å². The predicted octanol–water partition coefficient (Wildman–Crippen LogP) is -0.306. The molecule has 0 saturated carbocycles. The number of hydrogen-bond donors (Lipinski definition) is 2. The summed E-state index contributed by atoms with van der Waals surface area (Å²) in [5, 5.41) is 25.4. The average molecular weight is 501 g/mol. The summed E-state index contributed by atoms with van der Waals surface area (Å²) in [7, 11) is 0. The Balaban J connectivity index is 0.000000403. The van der Waals surface area contributed by atoms with Crippen LogP contribution in [0.1, 0.15) is 0 Å². The van der Waals surface area contributed by atoms with Crippen molar-refractivity contribution in [2.24, 2.45) is 0 Å². The molecule has 0 fully saturated rings. The zero-order chi connectivity index (χ0) is 16.2. The summed E-state index contributed by atoms with van der Waals surface area (Å²) in [5.41, 5.74) is 1.58. The number of carbonyl (C=O) groups is 2. The summed E-state index contributed by atoms with van der Waals surface area (Å²) in [6.45, 7) is -0.298. The summed E-state index contributed by atoms with van der Waals surface area (Å²) in [5.74, 6) is -2.21. The summed E-state index contributed by atoms with van der Waals surface area (Å²) < 4.78 is 0. The van der Waals surface area contributed by atoms with Crippen LogP contribution >= 0.6 is 0 Å². The second-order valence-electron chi connectivity index (χ2n) is 4.18. The van der Waals surface area contributed by atoms with Gasteiger partial charge in [0.25, 0.3) is 0 Å². The molecule has 2 N–H and O–H groups in total. The molecule has 0 aliphatic carbocycles. The second kappa shape index (κ2) is 12.5. The fourth-order valence-electron chi connectivity index (χ4n) is 1.46. The molecule has 0 saturated heterocycles. The standard InChI is InChI=1S/2C8H9NO2.Hg/c2*10-8(11)6-9-7-4-2-1-3-5-7;/h2*1-5,9H,6H2,(H,10,11);/q;;+2/p-2. The molecule has 23 heavy (non-hydrogen) atoms. The topological polar surface area (TPSA) is 104 Å². The van der Waals surface area contributed by atoms with Crippen LogP contribution in [-0.4, -0.2) is 25.0 Å².